The van der Waals surface area contributed by atoms with Crippen LogP contribution in [0.4, 0.5) is 29.2 Å². The van der Waals surface area contributed by atoms with E-state index in [1.165, 1.54) is 57.5 Å². The molecule has 2 aromatic carbocycles. The number of rotatable bonds is 7. The molecule has 0 radical (unpaired) electrons. The lowest BCUT2D eigenvalue weighted by Crippen LogP contribution is -2.41. The zero-order valence-corrected chi connectivity index (χ0v) is 23.8. The second-order valence-electron chi connectivity index (χ2n) is 11.5. The average molecular weight is 579 g/mol. The number of esters is 1. The number of hydrogen-bond acceptors (Lipinski definition) is 6. The molecule has 222 valence electrons. The first-order chi connectivity index (χ1) is 19.1. The number of anilines is 2. The van der Waals surface area contributed by atoms with Gasteiger partial charge in [-0.25, -0.2) is 14.2 Å². The van der Waals surface area contributed by atoms with E-state index in [2.05, 4.69) is 35.8 Å². The maximum Gasteiger partial charge on any atom is 0.573 e. The molecule has 0 spiro atoms. The Labute approximate surface area is 235 Å². The summed E-state index contributed by atoms with van der Waals surface area (Å²) in [5.41, 5.74) is 1.02. The monoisotopic (exact) mass is 578 g/mol. The van der Waals surface area contributed by atoms with Crippen molar-refractivity contribution in [2.75, 3.05) is 19.5 Å². The van der Waals surface area contributed by atoms with E-state index in [0.29, 0.717) is 28.6 Å². The molecule has 3 aromatic rings. The zero-order valence-electron chi connectivity index (χ0n) is 23.8. The van der Waals surface area contributed by atoms with Crippen molar-refractivity contribution in [3.8, 4) is 5.75 Å². The van der Waals surface area contributed by atoms with E-state index in [1.807, 2.05) is 4.57 Å². The Morgan fingerprint density at radius 3 is 2.41 bits per heavy atom. The van der Waals surface area contributed by atoms with Gasteiger partial charge in [0, 0.05) is 24.8 Å². The van der Waals surface area contributed by atoms with Gasteiger partial charge < -0.3 is 24.3 Å². The van der Waals surface area contributed by atoms with Gasteiger partial charge in [0.1, 0.15) is 17.6 Å². The summed E-state index contributed by atoms with van der Waals surface area (Å²) in [5, 5.41) is 3.16. The second-order valence-corrected chi connectivity index (χ2v) is 11.5. The molecule has 12 heteroatoms. The largest absolute Gasteiger partial charge is 0.573 e. The number of fused-ring (bicyclic) bond motifs is 1. The molecular formula is C29H34F4N4O4. The fourth-order valence-corrected chi connectivity index (χ4v) is 5.79. The average Bonchev–Trinajstić information content (AvgIpc) is 3.21. The van der Waals surface area contributed by atoms with Gasteiger partial charge in [-0.3, -0.25) is 4.79 Å². The number of hydrogen-bond donors (Lipinski definition) is 1. The number of methoxy groups -OCH3 is 1. The van der Waals surface area contributed by atoms with Crippen molar-refractivity contribution >= 4 is 34.5 Å². The summed E-state index contributed by atoms with van der Waals surface area (Å²) in [7, 11) is 2.59. The van der Waals surface area contributed by atoms with Crippen LogP contribution in [0.3, 0.4) is 0 Å². The van der Waals surface area contributed by atoms with Crippen LogP contribution in [-0.2, 0) is 9.53 Å². The number of carbonyl (C=O) groups excluding carboxylic acids is 2. The van der Waals surface area contributed by atoms with Gasteiger partial charge in [0.05, 0.1) is 23.7 Å². The van der Waals surface area contributed by atoms with Crippen LogP contribution in [0.25, 0.3) is 11.0 Å². The molecule has 1 amide bonds. The van der Waals surface area contributed by atoms with Gasteiger partial charge in [-0.15, -0.1) is 13.2 Å². The normalized spacial score (nSPS) is 19.5. The van der Waals surface area contributed by atoms with E-state index in [0.717, 1.165) is 24.2 Å². The van der Waals surface area contributed by atoms with Gasteiger partial charge in [0.2, 0.25) is 5.95 Å². The molecule has 8 nitrogen and oxygen atoms in total. The van der Waals surface area contributed by atoms with Crippen LogP contribution in [0.2, 0.25) is 0 Å². The number of likely N-dealkylation sites (N-methyl/N-ethyl adjacent to an activating group) is 1. The number of ether oxygens (including phenoxy) is 2. The molecule has 1 N–H and O–H groups in total. The van der Waals surface area contributed by atoms with Crippen LogP contribution in [0.15, 0.2) is 36.4 Å². The minimum atomic E-state index is -4.81. The van der Waals surface area contributed by atoms with Crippen molar-refractivity contribution in [3.63, 3.8) is 0 Å². The molecule has 1 fully saturated rings. The van der Waals surface area contributed by atoms with Crippen LogP contribution < -0.4 is 10.1 Å². The number of carbonyl (C=O) groups is 2. The second kappa shape index (κ2) is 11.2. The van der Waals surface area contributed by atoms with Gasteiger partial charge in [-0.1, -0.05) is 20.8 Å². The van der Waals surface area contributed by atoms with Crippen molar-refractivity contribution < 1.29 is 36.6 Å². The zero-order chi connectivity index (χ0) is 30.3. The molecular weight excluding hydrogens is 544 g/mol. The summed E-state index contributed by atoms with van der Waals surface area (Å²) in [6.45, 7) is 8.00. The van der Waals surface area contributed by atoms with E-state index < -0.39 is 30.1 Å². The molecule has 0 unspecified atom stereocenters. The molecule has 1 aromatic heterocycles. The predicted molar refractivity (Wildman–Crippen MR) is 146 cm³/mol. The van der Waals surface area contributed by atoms with Crippen LogP contribution in [-0.4, -0.2) is 52.9 Å². The molecule has 0 bridgehead atoms. The number of imidazole rings is 1. The lowest BCUT2D eigenvalue weighted by molar-refractivity contribution is -0.274. The first-order valence-corrected chi connectivity index (χ1v) is 13.3. The molecule has 4 rings (SSSR count). The van der Waals surface area contributed by atoms with Crippen molar-refractivity contribution in [1.29, 1.82) is 0 Å². The van der Waals surface area contributed by atoms with E-state index in [9.17, 15) is 22.8 Å². The highest BCUT2D eigenvalue weighted by Gasteiger charge is 2.36. The molecule has 1 heterocycles. The Kier molecular flexibility index (Phi) is 8.24. The van der Waals surface area contributed by atoms with Crippen molar-refractivity contribution in [2.45, 2.75) is 65.4 Å². The van der Waals surface area contributed by atoms with Gasteiger partial charge in [0.15, 0.2) is 0 Å². The van der Waals surface area contributed by atoms with Gasteiger partial charge in [-0.2, -0.15) is 0 Å². The van der Waals surface area contributed by atoms with Crippen LogP contribution in [0.5, 0.6) is 5.75 Å². The Balaban J connectivity index is 1.77. The third kappa shape index (κ3) is 6.74. The fourth-order valence-electron chi connectivity index (χ4n) is 5.79. The van der Waals surface area contributed by atoms with E-state index in [4.69, 9.17) is 4.74 Å². The van der Waals surface area contributed by atoms with Gasteiger partial charge >= 0.3 is 12.3 Å². The number of nitrogens with one attached hydrogen (secondary N) is 1. The van der Waals surface area contributed by atoms with Crippen LogP contribution in [0.1, 0.15) is 63.4 Å². The smallest absolute Gasteiger partial charge is 0.467 e. The van der Waals surface area contributed by atoms with Crippen LogP contribution >= 0.6 is 0 Å². The lowest BCUT2D eigenvalue weighted by Gasteiger charge is -2.40. The fraction of sp³-hybridized carbons (Fsp3) is 0.483. The summed E-state index contributed by atoms with van der Waals surface area (Å²) in [6.07, 6.45) is -2.19. The summed E-state index contributed by atoms with van der Waals surface area (Å²) in [4.78, 5) is 30.9. The summed E-state index contributed by atoms with van der Waals surface area (Å²) >= 11 is 0. The molecule has 3 atom stereocenters. The van der Waals surface area contributed by atoms with E-state index in [-0.39, 0.29) is 22.8 Å². The maximum absolute atomic E-state index is 15.5. The highest BCUT2D eigenvalue weighted by Crippen LogP contribution is 2.46. The highest BCUT2D eigenvalue weighted by atomic mass is 19.4. The van der Waals surface area contributed by atoms with E-state index in [1.54, 1.807) is 0 Å². The Morgan fingerprint density at radius 2 is 1.83 bits per heavy atom. The quantitative estimate of drug-likeness (QED) is 0.244. The Hall–Kier alpha value is -3.83. The van der Waals surface area contributed by atoms with E-state index >= 15 is 4.39 Å². The third-order valence-corrected chi connectivity index (χ3v) is 7.53. The molecule has 1 saturated carbocycles. The molecule has 1 aliphatic rings. The van der Waals surface area contributed by atoms with Gasteiger partial charge in [0.25, 0.3) is 5.91 Å². The number of nitrogens with zero attached hydrogens (tertiary/aromatic N) is 3. The summed E-state index contributed by atoms with van der Waals surface area (Å²) in [5.74, 6) is -1.74. The number of amides is 1. The lowest BCUT2D eigenvalue weighted by atomic mass is 9.70. The minimum Gasteiger partial charge on any atom is -0.467 e. The SMILES string of the molecule is COC(=O)[C@H](C)N(C)C(=O)c1cc2nc(Nc3ccc(OC(F)(F)F)cc3)n([C@@H]3C[C@H](C)CC(C)(C)C3)c2cc1F. The highest BCUT2D eigenvalue weighted by molar-refractivity contribution is 5.99. The molecule has 0 saturated heterocycles. The predicted octanol–water partition coefficient (Wildman–Crippen LogP) is 6.84. The number of halogens is 4. The van der Waals surface area contributed by atoms with Crippen molar-refractivity contribution in [3.05, 3.63) is 47.8 Å². The Bertz CT molecular complexity index is 1440. The summed E-state index contributed by atoms with van der Waals surface area (Å²) in [6, 6.07) is 6.85. The van der Waals surface area contributed by atoms with Crippen molar-refractivity contribution in [1.82, 2.24) is 14.5 Å². The molecule has 1 aliphatic carbocycles. The van der Waals surface area contributed by atoms with Crippen LogP contribution in [0, 0.1) is 17.2 Å². The first kappa shape index (κ1) is 30.1. The topological polar surface area (TPSA) is 85.7 Å². The Morgan fingerprint density at radius 1 is 1.17 bits per heavy atom. The van der Waals surface area contributed by atoms with Gasteiger partial charge in [-0.05, 0) is 67.9 Å². The number of alkyl halides is 3. The van der Waals surface area contributed by atoms with Crippen molar-refractivity contribution in [2.24, 2.45) is 11.3 Å². The molecule has 41 heavy (non-hydrogen) atoms. The number of aromatic nitrogens is 2. The molecule has 0 aliphatic heterocycles. The number of benzene rings is 2. The standard InChI is InChI=1S/C29H34F4N4O4/c1-16-11-19(15-28(3,4)14-16)37-24-13-22(30)21(25(38)36(5)17(2)26(39)40-6)12-23(24)35-27(37)34-18-7-9-20(10-8-18)41-29(31,32)33/h7-10,12-13,16-17,19H,11,14-15H2,1-6H3,(H,34,35)/t16-,17-,19+/m0/s1. The third-order valence-electron chi connectivity index (χ3n) is 7.53. The maximum atomic E-state index is 15.5. The summed E-state index contributed by atoms with van der Waals surface area (Å²) < 4.78 is 63.9. The first-order valence-electron chi connectivity index (χ1n) is 13.3. The minimum absolute atomic E-state index is 0.00790.